The predicted molar refractivity (Wildman–Crippen MR) is 80.5 cm³/mol. The molecule has 1 aromatic rings. The van der Waals surface area contributed by atoms with Gasteiger partial charge in [-0.1, -0.05) is 13.0 Å². The lowest BCUT2D eigenvalue weighted by Crippen LogP contribution is -2.34. The summed E-state index contributed by atoms with van der Waals surface area (Å²) in [6.45, 7) is 4.52. The van der Waals surface area contributed by atoms with Crippen LogP contribution in [0.4, 0.5) is 0 Å². The Balaban J connectivity index is 3.24. The molecule has 6 heteroatoms. The van der Waals surface area contributed by atoms with Crippen molar-refractivity contribution in [3.05, 3.63) is 23.8 Å². The van der Waals surface area contributed by atoms with E-state index in [1.165, 1.54) is 11.4 Å². The first-order valence-corrected chi connectivity index (χ1v) is 8.12. The second-order valence-electron chi connectivity index (χ2n) is 4.79. The van der Waals surface area contributed by atoms with Gasteiger partial charge in [0, 0.05) is 19.6 Å². The number of rotatable bonds is 7. The number of methoxy groups -OCH3 is 1. The third-order valence-electron chi connectivity index (χ3n) is 3.48. The third kappa shape index (κ3) is 3.50. The highest BCUT2D eigenvalue weighted by Gasteiger charge is 2.27. The molecular formula is C14H24N2O3S. The van der Waals surface area contributed by atoms with Crippen LogP contribution in [0.5, 0.6) is 5.75 Å². The molecule has 0 spiro atoms. The highest BCUT2D eigenvalue weighted by Crippen LogP contribution is 2.28. The van der Waals surface area contributed by atoms with E-state index < -0.39 is 10.0 Å². The number of benzene rings is 1. The van der Waals surface area contributed by atoms with Crippen LogP contribution in [0.2, 0.25) is 0 Å². The molecule has 114 valence electrons. The molecule has 0 bridgehead atoms. The summed E-state index contributed by atoms with van der Waals surface area (Å²) in [5.74, 6) is 0.382. The van der Waals surface area contributed by atoms with Crippen molar-refractivity contribution in [1.29, 1.82) is 0 Å². The number of nitrogens with one attached hydrogen (secondary N) is 1. The molecule has 0 fully saturated rings. The van der Waals surface area contributed by atoms with E-state index in [4.69, 9.17) is 4.74 Å². The van der Waals surface area contributed by atoms with Crippen LogP contribution in [0.3, 0.4) is 0 Å². The van der Waals surface area contributed by atoms with Gasteiger partial charge in [0.1, 0.15) is 10.6 Å². The van der Waals surface area contributed by atoms with Gasteiger partial charge in [0.15, 0.2) is 0 Å². The lowest BCUT2D eigenvalue weighted by atomic mass is 10.2. The summed E-state index contributed by atoms with van der Waals surface area (Å²) in [5, 5.41) is 3.03. The predicted octanol–water partition coefficient (Wildman–Crippen LogP) is 1.83. The van der Waals surface area contributed by atoms with Gasteiger partial charge in [0.25, 0.3) is 0 Å². The summed E-state index contributed by atoms with van der Waals surface area (Å²) in [4.78, 5) is 0.211. The van der Waals surface area contributed by atoms with Gasteiger partial charge in [-0.05, 0) is 38.1 Å². The molecular weight excluding hydrogens is 276 g/mol. The zero-order valence-electron chi connectivity index (χ0n) is 12.8. The van der Waals surface area contributed by atoms with E-state index in [2.05, 4.69) is 5.32 Å². The lowest BCUT2D eigenvalue weighted by molar-refractivity contribution is 0.371. The second-order valence-corrected chi connectivity index (χ2v) is 6.76. The average Bonchev–Trinajstić information content (AvgIpc) is 2.45. The van der Waals surface area contributed by atoms with Gasteiger partial charge in [0.05, 0.1) is 7.11 Å². The molecule has 1 aromatic carbocycles. The van der Waals surface area contributed by atoms with Gasteiger partial charge < -0.3 is 10.1 Å². The lowest BCUT2D eigenvalue weighted by Gasteiger charge is -2.24. The van der Waals surface area contributed by atoms with Crippen LogP contribution in [0.15, 0.2) is 23.1 Å². The smallest absolute Gasteiger partial charge is 0.246 e. The zero-order valence-corrected chi connectivity index (χ0v) is 13.6. The number of hydrogen-bond donors (Lipinski definition) is 1. The molecule has 0 aromatic heterocycles. The molecule has 0 heterocycles. The highest BCUT2D eigenvalue weighted by molar-refractivity contribution is 7.89. The van der Waals surface area contributed by atoms with Gasteiger partial charge in [-0.2, -0.15) is 4.31 Å². The van der Waals surface area contributed by atoms with Crippen LogP contribution in [0.25, 0.3) is 0 Å². The fourth-order valence-electron chi connectivity index (χ4n) is 1.89. The van der Waals surface area contributed by atoms with Crippen molar-refractivity contribution >= 4 is 10.0 Å². The van der Waals surface area contributed by atoms with E-state index in [0.717, 1.165) is 12.0 Å². The Morgan fingerprint density at radius 2 is 2.05 bits per heavy atom. The second kappa shape index (κ2) is 7.06. The number of hydrogen-bond acceptors (Lipinski definition) is 4. The van der Waals surface area contributed by atoms with Crippen molar-refractivity contribution in [2.45, 2.75) is 37.8 Å². The topological polar surface area (TPSA) is 58.6 Å². The fraction of sp³-hybridized carbons (Fsp3) is 0.571. The van der Waals surface area contributed by atoms with Gasteiger partial charge in [-0.3, -0.25) is 0 Å². The molecule has 5 nitrogen and oxygen atoms in total. The first kappa shape index (κ1) is 16.9. The monoisotopic (exact) mass is 300 g/mol. The van der Waals surface area contributed by atoms with E-state index in [-0.39, 0.29) is 10.9 Å². The maximum absolute atomic E-state index is 12.6. The average molecular weight is 300 g/mol. The van der Waals surface area contributed by atoms with Gasteiger partial charge in [-0.15, -0.1) is 0 Å². The van der Waals surface area contributed by atoms with Crippen molar-refractivity contribution in [3.8, 4) is 5.75 Å². The fourth-order valence-corrected chi connectivity index (χ4v) is 3.46. The summed E-state index contributed by atoms with van der Waals surface area (Å²) in [6, 6.07) is 5.12. The minimum Gasteiger partial charge on any atom is -0.495 e. The Morgan fingerprint density at radius 3 is 2.55 bits per heavy atom. The Hall–Kier alpha value is -1.11. The van der Waals surface area contributed by atoms with Crippen molar-refractivity contribution in [3.63, 3.8) is 0 Å². The summed E-state index contributed by atoms with van der Waals surface area (Å²) in [7, 11) is 1.39. The van der Waals surface area contributed by atoms with Gasteiger partial charge in [0.2, 0.25) is 10.0 Å². The third-order valence-corrected chi connectivity index (χ3v) is 5.49. The molecule has 1 N–H and O–H groups in total. The SMILES string of the molecule is CCC(C)N(C)S(=O)(=O)c1ccc(CNC)cc1OC. The Labute approximate surface area is 122 Å². The van der Waals surface area contributed by atoms with Crippen LogP contribution < -0.4 is 10.1 Å². The number of ether oxygens (including phenoxy) is 1. The van der Waals surface area contributed by atoms with Gasteiger partial charge in [-0.25, -0.2) is 8.42 Å². The maximum atomic E-state index is 12.6. The maximum Gasteiger partial charge on any atom is 0.246 e. The van der Waals surface area contributed by atoms with Crippen LogP contribution in [0.1, 0.15) is 25.8 Å². The summed E-state index contributed by atoms with van der Waals surface area (Å²) in [5.41, 5.74) is 0.981. The molecule has 0 amide bonds. The normalized spacial score (nSPS) is 13.5. The summed E-state index contributed by atoms with van der Waals surface area (Å²) >= 11 is 0. The molecule has 0 aliphatic rings. The minimum absolute atomic E-state index is 0.0540. The first-order chi connectivity index (χ1) is 9.38. The molecule has 0 aliphatic carbocycles. The van der Waals surface area contributed by atoms with E-state index in [9.17, 15) is 8.42 Å². The van der Waals surface area contributed by atoms with E-state index >= 15 is 0 Å². The van der Waals surface area contributed by atoms with Crippen molar-refractivity contribution in [2.24, 2.45) is 0 Å². The van der Waals surface area contributed by atoms with Crippen LogP contribution >= 0.6 is 0 Å². The van der Waals surface area contributed by atoms with E-state index in [1.807, 2.05) is 20.9 Å². The van der Waals surface area contributed by atoms with Crippen molar-refractivity contribution < 1.29 is 13.2 Å². The molecule has 1 atom stereocenters. The minimum atomic E-state index is -3.54. The zero-order chi connectivity index (χ0) is 15.3. The van der Waals surface area contributed by atoms with Crippen molar-refractivity contribution in [2.75, 3.05) is 21.2 Å². The molecule has 20 heavy (non-hydrogen) atoms. The van der Waals surface area contributed by atoms with Crippen molar-refractivity contribution in [1.82, 2.24) is 9.62 Å². The molecule has 1 unspecified atom stereocenters. The Morgan fingerprint density at radius 1 is 1.40 bits per heavy atom. The molecule has 0 saturated carbocycles. The molecule has 1 rings (SSSR count). The summed E-state index contributed by atoms with van der Waals surface area (Å²) < 4.78 is 31.9. The van der Waals surface area contributed by atoms with Crippen LogP contribution in [-0.2, 0) is 16.6 Å². The first-order valence-electron chi connectivity index (χ1n) is 6.68. The van der Waals surface area contributed by atoms with Crippen LogP contribution in [0, 0.1) is 0 Å². The van der Waals surface area contributed by atoms with E-state index in [0.29, 0.717) is 12.3 Å². The molecule has 0 radical (unpaired) electrons. The van der Waals surface area contributed by atoms with Gasteiger partial charge >= 0.3 is 0 Å². The Bertz CT molecular complexity index is 543. The highest BCUT2D eigenvalue weighted by atomic mass is 32.2. The number of sulfonamides is 1. The largest absolute Gasteiger partial charge is 0.495 e. The molecule has 0 aliphatic heterocycles. The van der Waals surface area contributed by atoms with E-state index in [1.54, 1.807) is 25.2 Å². The Kier molecular flexibility index (Phi) is 5.98. The van der Waals surface area contributed by atoms with Crippen LogP contribution in [-0.4, -0.2) is 40.0 Å². The molecule has 0 saturated heterocycles. The standard InChI is InChI=1S/C14H24N2O3S/c1-6-11(2)16(4)20(17,18)14-8-7-12(10-15-3)9-13(14)19-5/h7-9,11,15H,6,10H2,1-5H3. The quantitative estimate of drug-likeness (QED) is 0.834. The number of nitrogens with zero attached hydrogens (tertiary/aromatic N) is 1. The summed E-state index contributed by atoms with van der Waals surface area (Å²) in [6.07, 6.45) is 0.760.